The predicted octanol–water partition coefficient (Wildman–Crippen LogP) is 2.93. The zero-order chi connectivity index (χ0) is 16.5. The minimum Gasteiger partial charge on any atom is -0.361 e. The van der Waals surface area contributed by atoms with Gasteiger partial charge in [-0.3, -0.25) is 4.99 Å². The van der Waals surface area contributed by atoms with E-state index in [1.807, 2.05) is 30.1 Å². The SMILES string of the molecule is C=CCSCCNC(=NC)NCCc1c[nH]c2cc(F)ccc12. The molecular formula is C17H23FN4S. The molecule has 124 valence electrons. The van der Waals surface area contributed by atoms with Crippen LogP contribution in [-0.4, -0.2) is 42.6 Å². The number of nitrogens with one attached hydrogen (secondary N) is 3. The second-order valence-electron chi connectivity index (χ2n) is 5.04. The standard InChI is InChI=1S/C17H23FN4S/c1-3-9-23-10-8-21-17(19-2)20-7-6-13-12-22-16-11-14(18)4-5-15(13)16/h3-5,11-12,22H,1,6-10H2,2H3,(H2,19,20,21). The van der Waals surface area contributed by atoms with E-state index in [9.17, 15) is 4.39 Å². The summed E-state index contributed by atoms with van der Waals surface area (Å²) in [4.78, 5) is 7.32. The van der Waals surface area contributed by atoms with Crippen LogP contribution >= 0.6 is 11.8 Å². The molecular weight excluding hydrogens is 311 g/mol. The van der Waals surface area contributed by atoms with Gasteiger partial charge < -0.3 is 15.6 Å². The van der Waals surface area contributed by atoms with Crippen LogP contribution in [0.3, 0.4) is 0 Å². The molecule has 0 fully saturated rings. The zero-order valence-corrected chi connectivity index (χ0v) is 14.2. The van der Waals surface area contributed by atoms with E-state index in [1.54, 1.807) is 7.05 Å². The number of H-pyrrole nitrogens is 1. The third kappa shape index (κ3) is 5.32. The van der Waals surface area contributed by atoms with E-state index in [2.05, 4.69) is 27.2 Å². The summed E-state index contributed by atoms with van der Waals surface area (Å²) in [5.74, 6) is 2.56. The number of nitrogens with zero attached hydrogens (tertiary/aromatic N) is 1. The maximum Gasteiger partial charge on any atom is 0.191 e. The molecule has 0 aliphatic rings. The van der Waals surface area contributed by atoms with E-state index in [4.69, 9.17) is 0 Å². The molecule has 0 spiro atoms. The van der Waals surface area contributed by atoms with Gasteiger partial charge in [-0.15, -0.1) is 6.58 Å². The van der Waals surface area contributed by atoms with Crippen molar-refractivity contribution < 1.29 is 4.39 Å². The summed E-state index contributed by atoms with van der Waals surface area (Å²) in [5, 5.41) is 7.64. The topological polar surface area (TPSA) is 52.2 Å². The third-order valence-corrected chi connectivity index (χ3v) is 4.38. The number of guanidine groups is 1. The maximum atomic E-state index is 13.2. The van der Waals surface area contributed by atoms with Gasteiger partial charge in [0.25, 0.3) is 0 Å². The molecule has 0 saturated heterocycles. The van der Waals surface area contributed by atoms with Crippen LogP contribution in [0.2, 0.25) is 0 Å². The number of halogens is 1. The van der Waals surface area contributed by atoms with E-state index >= 15 is 0 Å². The lowest BCUT2D eigenvalue weighted by Crippen LogP contribution is -2.39. The molecule has 4 nitrogen and oxygen atoms in total. The summed E-state index contributed by atoms with van der Waals surface area (Å²) in [6.07, 6.45) is 4.69. The van der Waals surface area contributed by atoms with Crippen LogP contribution in [0.4, 0.5) is 4.39 Å². The van der Waals surface area contributed by atoms with Gasteiger partial charge in [0.15, 0.2) is 5.96 Å². The van der Waals surface area contributed by atoms with Gasteiger partial charge in [-0.2, -0.15) is 11.8 Å². The quantitative estimate of drug-likeness (QED) is 0.301. The van der Waals surface area contributed by atoms with Gasteiger partial charge in [0.05, 0.1) is 0 Å². The van der Waals surface area contributed by atoms with E-state index in [0.717, 1.165) is 47.9 Å². The number of thioether (sulfide) groups is 1. The van der Waals surface area contributed by atoms with Gasteiger partial charge in [0.1, 0.15) is 5.82 Å². The molecule has 0 bridgehead atoms. The second kappa shape index (κ2) is 9.25. The number of hydrogen-bond donors (Lipinski definition) is 3. The van der Waals surface area contributed by atoms with Crippen LogP contribution in [0, 0.1) is 5.82 Å². The zero-order valence-electron chi connectivity index (χ0n) is 13.4. The van der Waals surface area contributed by atoms with Gasteiger partial charge in [0.2, 0.25) is 0 Å². The van der Waals surface area contributed by atoms with Crippen molar-refractivity contribution in [1.82, 2.24) is 15.6 Å². The first-order valence-electron chi connectivity index (χ1n) is 7.63. The average molecular weight is 334 g/mol. The highest BCUT2D eigenvalue weighted by Gasteiger charge is 2.05. The van der Waals surface area contributed by atoms with Crippen molar-refractivity contribution in [2.24, 2.45) is 4.99 Å². The number of benzene rings is 1. The summed E-state index contributed by atoms with van der Waals surface area (Å²) >= 11 is 1.83. The van der Waals surface area contributed by atoms with Gasteiger partial charge in [-0.1, -0.05) is 6.08 Å². The largest absolute Gasteiger partial charge is 0.361 e. The highest BCUT2D eigenvalue weighted by atomic mass is 32.2. The van der Waals surface area contributed by atoms with Gasteiger partial charge in [-0.05, 0) is 30.2 Å². The Balaban J connectivity index is 1.77. The van der Waals surface area contributed by atoms with Crippen LogP contribution < -0.4 is 10.6 Å². The van der Waals surface area contributed by atoms with Crippen LogP contribution in [0.25, 0.3) is 10.9 Å². The molecule has 2 aromatic rings. The molecule has 0 aliphatic heterocycles. The first-order valence-corrected chi connectivity index (χ1v) is 8.78. The van der Waals surface area contributed by atoms with Crippen molar-refractivity contribution in [2.45, 2.75) is 6.42 Å². The van der Waals surface area contributed by atoms with Gasteiger partial charge in [0, 0.05) is 48.7 Å². The molecule has 0 aliphatic carbocycles. The van der Waals surface area contributed by atoms with Crippen molar-refractivity contribution in [3.05, 3.63) is 48.4 Å². The number of fused-ring (bicyclic) bond motifs is 1. The molecule has 6 heteroatoms. The fraction of sp³-hybridized carbons (Fsp3) is 0.353. The summed E-state index contributed by atoms with van der Waals surface area (Å²) in [5.41, 5.74) is 2.01. The Hall–Kier alpha value is -1.95. The molecule has 1 aromatic heterocycles. The highest BCUT2D eigenvalue weighted by Crippen LogP contribution is 2.19. The highest BCUT2D eigenvalue weighted by molar-refractivity contribution is 7.99. The minimum absolute atomic E-state index is 0.219. The van der Waals surface area contributed by atoms with E-state index in [0.29, 0.717) is 0 Å². The van der Waals surface area contributed by atoms with Crippen LogP contribution in [-0.2, 0) is 6.42 Å². The molecule has 2 rings (SSSR count). The Morgan fingerprint density at radius 3 is 3.00 bits per heavy atom. The number of aromatic amines is 1. The molecule has 3 N–H and O–H groups in total. The number of hydrogen-bond acceptors (Lipinski definition) is 2. The fourth-order valence-electron chi connectivity index (χ4n) is 2.31. The maximum absolute atomic E-state index is 13.2. The molecule has 0 amide bonds. The molecule has 0 atom stereocenters. The molecule has 23 heavy (non-hydrogen) atoms. The molecule has 0 unspecified atom stereocenters. The van der Waals surface area contributed by atoms with E-state index in [-0.39, 0.29) is 5.82 Å². The van der Waals surface area contributed by atoms with Crippen LogP contribution in [0.5, 0.6) is 0 Å². The number of aromatic nitrogens is 1. The average Bonchev–Trinajstić information content (AvgIpc) is 2.95. The Morgan fingerprint density at radius 1 is 1.39 bits per heavy atom. The monoisotopic (exact) mass is 334 g/mol. The molecule has 1 heterocycles. The van der Waals surface area contributed by atoms with E-state index in [1.165, 1.54) is 17.7 Å². The first kappa shape index (κ1) is 17.4. The van der Waals surface area contributed by atoms with Crippen LogP contribution in [0.1, 0.15) is 5.56 Å². The third-order valence-electron chi connectivity index (χ3n) is 3.41. The van der Waals surface area contributed by atoms with Crippen molar-refractivity contribution in [1.29, 1.82) is 0 Å². The van der Waals surface area contributed by atoms with Gasteiger partial charge in [-0.25, -0.2) is 4.39 Å². The molecule has 0 saturated carbocycles. The Morgan fingerprint density at radius 2 is 2.22 bits per heavy atom. The normalized spacial score (nSPS) is 11.7. The summed E-state index contributed by atoms with van der Waals surface area (Å²) in [7, 11) is 1.76. The minimum atomic E-state index is -0.219. The summed E-state index contributed by atoms with van der Waals surface area (Å²) in [6.45, 7) is 5.33. The van der Waals surface area contributed by atoms with E-state index < -0.39 is 0 Å². The lowest BCUT2D eigenvalue weighted by molar-refractivity contribution is 0.629. The van der Waals surface area contributed by atoms with Gasteiger partial charge >= 0.3 is 0 Å². The number of rotatable bonds is 8. The molecule has 0 radical (unpaired) electrons. The van der Waals surface area contributed by atoms with Crippen molar-refractivity contribution in [3.63, 3.8) is 0 Å². The lowest BCUT2D eigenvalue weighted by Gasteiger charge is -2.11. The lowest BCUT2D eigenvalue weighted by atomic mass is 10.1. The van der Waals surface area contributed by atoms with Crippen molar-refractivity contribution in [3.8, 4) is 0 Å². The number of aliphatic imine (C=N–C) groups is 1. The second-order valence-corrected chi connectivity index (χ2v) is 6.19. The van der Waals surface area contributed by atoms with Crippen molar-refractivity contribution >= 4 is 28.6 Å². The Bertz CT molecular complexity index is 666. The van der Waals surface area contributed by atoms with Crippen LogP contribution in [0.15, 0.2) is 42.0 Å². The predicted molar refractivity (Wildman–Crippen MR) is 98.8 cm³/mol. The summed E-state index contributed by atoms with van der Waals surface area (Å²) in [6, 6.07) is 4.84. The first-order chi connectivity index (χ1) is 11.2. The Kier molecular flexibility index (Phi) is 7.00. The Labute approximate surface area is 140 Å². The molecule has 1 aromatic carbocycles. The van der Waals surface area contributed by atoms with Crippen molar-refractivity contribution in [2.75, 3.05) is 31.6 Å². The smallest absolute Gasteiger partial charge is 0.191 e. The fourth-order valence-corrected chi connectivity index (χ4v) is 2.89. The summed E-state index contributed by atoms with van der Waals surface area (Å²) < 4.78 is 13.2.